The van der Waals surface area contributed by atoms with Gasteiger partial charge in [0.1, 0.15) is 0 Å². The molecule has 0 saturated carbocycles. The Balaban J connectivity index is 1.87. The van der Waals surface area contributed by atoms with Crippen LogP contribution in [0, 0.1) is 6.92 Å². The largest absolute Gasteiger partial charge is 0.326 e. The van der Waals surface area contributed by atoms with E-state index in [-0.39, 0.29) is 5.91 Å². The Morgan fingerprint density at radius 1 is 1.10 bits per heavy atom. The van der Waals surface area contributed by atoms with Gasteiger partial charge in [0.2, 0.25) is 5.91 Å². The van der Waals surface area contributed by atoms with Crippen molar-refractivity contribution >= 4 is 23.2 Å². The molecule has 0 fully saturated rings. The minimum Gasteiger partial charge on any atom is -0.326 e. The van der Waals surface area contributed by atoms with Crippen molar-refractivity contribution in [2.45, 2.75) is 25.6 Å². The number of hydrogen-bond donors (Lipinski definition) is 1. The third kappa shape index (κ3) is 4.10. The molecule has 0 heterocycles. The SMILES string of the molecule is Cc1ccccc1CCC(=O)Nc1ccc(CCl)cc1. The summed E-state index contributed by atoms with van der Waals surface area (Å²) < 4.78 is 0. The third-order valence-electron chi connectivity index (χ3n) is 3.27. The van der Waals surface area contributed by atoms with E-state index < -0.39 is 0 Å². The zero-order chi connectivity index (χ0) is 14.4. The number of amides is 1. The molecule has 0 aliphatic rings. The van der Waals surface area contributed by atoms with Gasteiger partial charge >= 0.3 is 0 Å². The highest BCUT2D eigenvalue weighted by molar-refractivity contribution is 6.17. The molecule has 0 saturated heterocycles. The van der Waals surface area contributed by atoms with Crippen molar-refractivity contribution in [3.05, 3.63) is 65.2 Å². The number of carbonyl (C=O) groups is 1. The first kappa shape index (κ1) is 14.6. The van der Waals surface area contributed by atoms with Crippen LogP contribution in [0.4, 0.5) is 5.69 Å². The Morgan fingerprint density at radius 2 is 1.80 bits per heavy atom. The second kappa shape index (κ2) is 7.11. The Kier molecular flexibility index (Phi) is 5.19. The topological polar surface area (TPSA) is 29.1 Å². The lowest BCUT2D eigenvalue weighted by atomic mass is 10.0. The van der Waals surface area contributed by atoms with Crippen LogP contribution in [0.2, 0.25) is 0 Å². The molecule has 2 aromatic rings. The van der Waals surface area contributed by atoms with Crippen LogP contribution < -0.4 is 5.32 Å². The van der Waals surface area contributed by atoms with Crippen LogP contribution in [0.15, 0.2) is 48.5 Å². The molecule has 0 unspecified atom stereocenters. The average molecular weight is 288 g/mol. The monoisotopic (exact) mass is 287 g/mol. The van der Waals surface area contributed by atoms with E-state index in [4.69, 9.17) is 11.6 Å². The number of hydrogen-bond acceptors (Lipinski definition) is 1. The van der Waals surface area contributed by atoms with Gasteiger partial charge in [0.05, 0.1) is 0 Å². The third-order valence-corrected chi connectivity index (χ3v) is 3.58. The number of halogens is 1. The Bertz CT molecular complexity index is 578. The molecule has 20 heavy (non-hydrogen) atoms. The van der Waals surface area contributed by atoms with E-state index in [1.54, 1.807) is 0 Å². The maximum atomic E-state index is 11.9. The standard InChI is InChI=1S/C17H18ClNO/c1-13-4-2-3-5-15(13)8-11-17(20)19-16-9-6-14(12-18)7-10-16/h2-7,9-10H,8,11-12H2,1H3,(H,19,20). The number of alkyl halides is 1. The zero-order valence-electron chi connectivity index (χ0n) is 11.5. The van der Waals surface area contributed by atoms with E-state index in [0.29, 0.717) is 12.3 Å². The van der Waals surface area contributed by atoms with Gasteiger partial charge in [-0.2, -0.15) is 0 Å². The highest BCUT2D eigenvalue weighted by Crippen LogP contribution is 2.13. The van der Waals surface area contributed by atoms with Gasteiger partial charge in [0.25, 0.3) is 0 Å². The fourth-order valence-electron chi connectivity index (χ4n) is 2.04. The maximum Gasteiger partial charge on any atom is 0.224 e. The number of rotatable bonds is 5. The van der Waals surface area contributed by atoms with Crippen molar-refractivity contribution < 1.29 is 4.79 Å². The normalized spacial score (nSPS) is 10.3. The number of carbonyl (C=O) groups excluding carboxylic acids is 1. The Hall–Kier alpha value is -1.80. The van der Waals surface area contributed by atoms with Crippen LogP contribution in [0.1, 0.15) is 23.1 Å². The van der Waals surface area contributed by atoms with Crippen LogP contribution in [-0.4, -0.2) is 5.91 Å². The molecular formula is C17H18ClNO. The molecule has 1 amide bonds. The molecule has 0 aliphatic heterocycles. The molecule has 3 heteroatoms. The minimum absolute atomic E-state index is 0.0341. The molecule has 0 bridgehead atoms. The fraction of sp³-hybridized carbons (Fsp3) is 0.235. The van der Waals surface area contributed by atoms with Gasteiger partial charge in [-0.15, -0.1) is 11.6 Å². The van der Waals surface area contributed by atoms with Crippen LogP contribution >= 0.6 is 11.6 Å². The van der Waals surface area contributed by atoms with E-state index >= 15 is 0 Å². The summed E-state index contributed by atoms with van der Waals surface area (Å²) in [7, 11) is 0. The Labute approximate surface area is 124 Å². The quantitative estimate of drug-likeness (QED) is 0.816. The van der Waals surface area contributed by atoms with Crippen molar-refractivity contribution in [3.63, 3.8) is 0 Å². The summed E-state index contributed by atoms with van der Waals surface area (Å²) in [6.07, 6.45) is 1.25. The van der Waals surface area contributed by atoms with Gasteiger partial charge in [-0.05, 0) is 42.2 Å². The van der Waals surface area contributed by atoms with Crippen LogP contribution in [0.5, 0.6) is 0 Å². The average Bonchev–Trinajstić information content (AvgIpc) is 2.47. The summed E-state index contributed by atoms with van der Waals surface area (Å²) in [5, 5.41) is 2.90. The van der Waals surface area contributed by atoms with Gasteiger partial charge < -0.3 is 5.32 Å². The molecule has 0 aliphatic carbocycles. The first-order valence-electron chi connectivity index (χ1n) is 6.68. The van der Waals surface area contributed by atoms with E-state index in [1.807, 2.05) is 36.4 Å². The second-order valence-electron chi connectivity index (χ2n) is 4.81. The van der Waals surface area contributed by atoms with Gasteiger partial charge in [0, 0.05) is 18.0 Å². The van der Waals surface area contributed by atoms with Gasteiger partial charge in [-0.25, -0.2) is 0 Å². The summed E-state index contributed by atoms with van der Waals surface area (Å²) >= 11 is 5.73. The molecule has 104 valence electrons. The van der Waals surface area contributed by atoms with E-state index in [0.717, 1.165) is 17.7 Å². The summed E-state index contributed by atoms with van der Waals surface area (Å²) in [5.74, 6) is 0.522. The molecule has 2 aromatic carbocycles. The van der Waals surface area contributed by atoms with Crippen molar-refractivity contribution in [3.8, 4) is 0 Å². The number of benzene rings is 2. The van der Waals surface area contributed by atoms with E-state index in [9.17, 15) is 4.79 Å². The van der Waals surface area contributed by atoms with Gasteiger partial charge in [-0.3, -0.25) is 4.79 Å². The summed E-state index contributed by atoms with van der Waals surface area (Å²) in [6, 6.07) is 15.7. The van der Waals surface area contributed by atoms with Gasteiger partial charge in [-0.1, -0.05) is 36.4 Å². The molecule has 0 aromatic heterocycles. The number of nitrogens with one attached hydrogen (secondary N) is 1. The van der Waals surface area contributed by atoms with E-state index in [1.165, 1.54) is 11.1 Å². The lowest BCUT2D eigenvalue weighted by Gasteiger charge is -2.07. The van der Waals surface area contributed by atoms with Crippen LogP contribution in [-0.2, 0) is 17.1 Å². The predicted octanol–water partition coefficient (Wildman–Crippen LogP) is 4.31. The minimum atomic E-state index is 0.0341. The van der Waals surface area contributed by atoms with Crippen molar-refractivity contribution in [2.75, 3.05) is 5.32 Å². The molecular weight excluding hydrogens is 270 g/mol. The lowest BCUT2D eigenvalue weighted by molar-refractivity contribution is -0.116. The molecule has 0 spiro atoms. The summed E-state index contributed by atoms with van der Waals surface area (Å²) in [6.45, 7) is 2.07. The number of anilines is 1. The van der Waals surface area contributed by atoms with Crippen molar-refractivity contribution in [1.82, 2.24) is 0 Å². The highest BCUT2D eigenvalue weighted by atomic mass is 35.5. The summed E-state index contributed by atoms with van der Waals surface area (Å²) in [4.78, 5) is 11.9. The summed E-state index contributed by atoms with van der Waals surface area (Å²) in [5.41, 5.74) is 4.31. The van der Waals surface area contributed by atoms with Gasteiger partial charge in [0.15, 0.2) is 0 Å². The molecule has 2 rings (SSSR count). The van der Waals surface area contributed by atoms with Crippen molar-refractivity contribution in [2.24, 2.45) is 0 Å². The highest BCUT2D eigenvalue weighted by Gasteiger charge is 2.04. The molecule has 0 atom stereocenters. The molecule has 2 nitrogen and oxygen atoms in total. The lowest BCUT2D eigenvalue weighted by Crippen LogP contribution is -2.12. The Morgan fingerprint density at radius 3 is 2.45 bits per heavy atom. The van der Waals surface area contributed by atoms with Crippen LogP contribution in [0.25, 0.3) is 0 Å². The van der Waals surface area contributed by atoms with E-state index in [2.05, 4.69) is 24.4 Å². The first-order valence-corrected chi connectivity index (χ1v) is 7.22. The zero-order valence-corrected chi connectivity index (χ0v) is 12.3. The smallest absolute Gasteiger partial charge is 0.224 e. The second-order valence-corrected chi connectivity index (χ2v) is 5.07. The number of aryl methyl sites for hydroxylation is 2. The molecule has 0 radical (unpaired) electrons. The molecule has 1 N–H and O–H groups in total. The predicted molar refractivity (Wildman–Crippen MR) is 84.1 cm³/mol. The fourth-order valence-corrected chi connectivity index (χ4v) is 2.22. The van der Waals surface area contributed by atoms with Crippen LogP contribution in [0.3, 0.4) is 0 Å². The first-order chi connectivity index (χ1) is 9.69. The maximum absolute atomic E-state index is 11.9. The van der Waals surface area contributed by atoms with Crippen molar-refractivity contribution in [1.29, 1.82) is 0 Å².